The molecular formula is C15H13N3O2. The van der Waals surface area contributed by atoms with Crippen molar-refractivity contribution < 1.29 is 4.74 Å². The molecule has 0 aliphatic carbocycles. The number of rotatable bonds is 2. The fourth-order valence-electron chi connectivity index (χ4n) is 2.17. The number of ether oxygens (including phenoxy) is 1. The lowest BCUT2D eigenvalue weighted by molar-refractivity contribution is 0.398. The number of nitrogens with two attached hydrogens (primary N) is 1. The molecule has 0 aliphatic rings. The zero-order chi connectivity index (χ0) is 14.1. The lowest BCUT2D eigenvalue weighted by Crippen LogP contribution is -2.21. The minimum absolute atomic E-state index is 0.160. The van der Waals surface area contributed by atoms with Crippen LogP contribution in [0.3, 0.4) is 0 Å². The van der Waals surface area contributed by atoms with Gasteiger partial charge in [0.1, 0.15) is 5.82 Å². The van der Waals surface area contributed by atoms with Crippen molar-refractivity contribution in [2.24, 2.45) is 0 Å². The molecule has 0 spiro atoms. The summed E-state index contributed by atoms with van der Waals surface area (Å²) in [5.74, 6) is 0.863. The SMILES string of the molecule is COc1ccc(-n2c(N)cc3ccccc3c2=O)cn1. The highest BCUT2D eigenvalue weighted by Gasteiger charge is 2.09. The molecule has 0 amide bonds. The molecule has 2 aromatic heterocycles. The first kappa shape index (κ1) is 12.2. The van der Waals surface area contributed by atoms with Crippen molar-refractivity contribution in [3.63, 3.8) is 0 Å². The second kappa shape index (κ2) is 4.70. The Morgan fingerprint density at radius 2 is 2.00 bits per heavy atom. The molecule has 0 fully saturated rings. The van der Waals surface area contributed by atoms with Crippen LogP contribution in [0.15, 0.2) is 53.5 Å². The second-order valence-corrected chi connectivity index (χ2v) is 4.36. The number of hydrogen-bond acceptors (Lipinski definition) is 4. The molecule has 3 aromatic rings. The van der Waals surface area contributed by atoms with E-state index in [4.69, 9.17) is 10.5 Å². The highest BCUT2D eigenvalue weighted by Crippen LogP contribution is 2.18. The number of pyridine rings is 2. The summed E-state index contributed by atoms with van der Waals surface area (Å²) in [6.45, 7) is 0. The Kier molecular flexibility index (Phi) is 2.87. The Balaban J connectivity index is 2.27. The maximum atomic E-state index is 12.5. The van der Waals surface area contributed by atoms with Crippen molar-refractivity contribution in [3.8, 4) is 11.6 Å². The molecule has 2 N–H and O–H groups in total. The molecule has 0 aliphatic heterocycles. The molecular weight excluding hydrogens is 254 g/mol. The summed E-state index contributed by atoms with van der Waals surface area (Å²) in [6.07, 6.45) is 1.56. The smallest absolute Gasteiger partial charge is 0.264 e. The first-order chi connectivity index (χ1) is 9.70. The van der Waals surface area contributed by atoms with Crippen molar-refractivity contribution >= 4 is 16.6 Å². The maximum Gasteiger partial charge on any atom is 0.264 e. The van der Waals surface area contributed by atoms with E-state index in [0.29, 0.717) is 22.8 Å². The standard InChI is InChI=1S/C15H13N3O2/c1-20-14-7-6-11(9-17-14)18-13(16)8-10-4-2-3-5-12(10)15(18)19/h2-9H,16H2,1H3. The molecule has 0 bridgehead atoms. The molecule has 0 saturated carbocycles. The predicted molar refractivity (Wildman–Crippen MR) is 78.3 cm³/mol. The van der Waals surface area contributed by atoms with E-state index in [-0.39, 0.29) is 5.56 Å². The van der Waals surface area contributed by atoms with E-state index in [1.165, 1.54) is 4.57 Å². The van der Waals surface area contributed by atoms with Gasteiger partial charge in [0.2, 0.25) is 5.88 Å². The van der Waals surface area contributed by atoms with E-state index in [9.17, 15) is 4.79 Å². The number of anilines is 1. The van der Waals surface area contributed by atoms with Gasteiger partial charge in [0.15, 0.2) is 0 Å². The molecule has 20 heavy (non-hydrogen) atoms. The van der Waals surface area contributed by atoms with Gasteiger partial charge in [-0.05, 0) is 23.6 Å². The van der Waals surface area contributed by atoms with Gasteiger partial charge in [-0.25, -0.2) is 4.98 Å². The van der Waals surface area contributed by atoms with Gasteiger partial charge >= 0.3 is 0 Å². The lowest BCUT2D eigenvalue weighted by Gasteiger charge is -2.11. The summed E-state index contributed by atoms with van der Waals surface area (Å²) in [7, 11) is 1.54. The van der Waals surface area contributed by atoms with Crippen LogP contribution in [-0.2, 0) is 0 Å². The van der Waals surface area contributed by atoms with Crippen LogP contribution in [0.2, 0.25) is 0 Å². The van der Waals surface area contributed by atoms with E-state index in [1.807, 2.05) is 18.2 Å². The summed E-state index contributed by atoms with van der Waals surface area (Å²) in [5, 5.41) is 1.45. The molecule has 0 saturated heterocycles. The number of methoxy groups -OCH3 is 1. The molecule has 5 heteroatoms. The van der Waals surface area contributed by atoms with Gasteiger partial charge in [0.05, 0.1) is 19.0 Å². The van der Waals surface area contributed by atoms with E-state index < -0.39 is 0 Å². The number of nitrogen functional groups attached to an aromatic ring is 1. The van der Waals surface area contributed by atoms with Crippen molar-refractivity contribution in [3.05, 3.63) is 59.0 Å². The Hall–Kier alpha value is -2.82. The van der Waals surface area contributed by atoms with Crippen molar-refractivity contribution in [2.45, 2.75) is 0 Å². The molecule has 0 atom stereocenters. The molecule has 3 rings (SSSR count). The summed E-state index contributed by atoms with van der Waals surface area (Å²) in [5.41, 5.74) is 6.44. The number of aromatic nitrogens is 2. The fraction of sp³-hybridized carbons (Fsp3) is 0.0667. The topological polar surface area (TPSA) is 70.1 Å². The van der Waals surface area contributed by atoms with E-state index in [2.05, 4.69) is 4.98 Å². The third-order valence-electron chi connectivity index (χ3n) is 3.14. The van der Waals surface area contributed by atoms with E-state index in [0.717, 1.165) is 5.39 Å². The average Bonchev–Trinajstić information content (AvgIpc) is 2.48. The highest BCUT2D eigenvalue weighted by atomic mass is 16.5. The van der Waals surface area contributed by atoms with Gasteiger partial charge in [-0.15, -0.1) is 0 Å². The number of benzene rings is 1. The zero-order valence-corrected chi connectivity index (χ0v) is 10.9. The molecule has 0 unspecified atom stereocenters. The fourth-order valence-corrected chi connectivity index (χ4v) is 2.17. The monoisotopic (exact) mass is 267 g/mol. The Labute approximate surface area is 115 Å². The zero-order valence-electron chi connectivity index (χ0n) is 10.9. The summed E-state index contributed by atoms with van der Waals surface area (Å²) in [4.78, 5) is 16.6. The summed E-state index contributed by atoms with van der Waals surface area (Å²) in [6, 6.07) is 12.6. The van der Waals surface area contributed by atoms with Crippen molar-refractivity contribution in [2.75, 3.05) is 12.8 Å². The van der Waals surface area contributed by atoms with Crippen molar-refractivity contribution in [1.29, 1.82) is 0 Å². The summed E-state index contributed by atoms with van der Waals surface area (Å²) < 4.78 is 6.45. The van der Waals surface area contributed by atoms with Crippen LogP contribution in [0.5, 0.6) is 5.88 Å². The van der Waals surface area contributed by atoms with Gasteiger partial charge in [0, 0.05) is 11.5 Å². The highest BCUT2D eigenvalue weighted by molar-refractivity contribution is 5.84. The van der Waals surface area contributed by atoms with Gasteiger partial charge in [-0.2, -0.15) is 0 Å². The molecule has 100 valence electrons. The third-order valence-corrected chi connectivity index (χ3v) is 3.14. The first-order valence-corrected chi connectivity index (χ1v) is 6.11. The molecule has 0 radical (unpaired) electrons. The lowest BCUT2D eigenvalue weighted by atomic mass is 10.1. The van der Waals surface area contributed by atoms with Crippen LogP contribution in [0, 0.1) is 0 Å². The minimum Gasteiger partial charge on any atom is -0.481 e. The second-order valence-electron chi connectivity index (χ2n) is 4.36. The van der Waals surface area contributed by atoms with E-state index in [1.54, 1.807) is 37.6 Å². The number of nitrogens with zero attached hydrogens (tertiary/aromatic N) is 2. The summed E-state index contributed by atoms with van der Waals surface area (Å²) >= 11 is 0. The maximum absolute atomic E-state index is 12.5. The predicted octanol–water partition coefficient (Wildman–Crippen LogP) is 1.98. The van der Waals surface area contributed by atoms with Crippen LogP contribution in [0.4, 0.5) is 5.82 Å². The van der Waals surface area contributed by atoms with Gasteiger partial charge in [0.25, 0.3) is 5.56 Å². The van der Waals surface area contributed by atoms with Gasteiger partial charge in [-0.1, -0.05) is 18.2 Å². The van der Waals surface area contributed by atoms with E-state index >= 15 is 0 Å². The normalized spacial score (nSPS) is 10.7. The first-order valence-electron chi connectivity index (χ1n) is 6.11. The quantitative estimate of drug-likeness (QED) is 0.770. The molecule has 2 heterocycles. The van der Waals surface area contributed by atoms with Gasteiger partial charge in [-0.3, -0.25) is 9.36 Å². The Bertz CT molecular complexity index is 823. The number of fused-ring (bicyclic) bond motifs is 1. The van der Waals surface area contributed by atoms with Crippen LogP contribution in [0.1, 0.15) is 0 Å². The van der Waals surface area contributed by atoms with Crippen LogP contribution < -0.4 is 16.0 Å². The average molecular weight is 267 g/mol. The van der Waals surface area contributed by atoms with Crippen molar-refractivity contribution in [1.82, 2.24) is 9.55 Å². The van der Waals surface area contributed by atoms with Gasteiger partial charge < -0.3 is 10.5 Å². The Morgan fingerprint density at radius 3 is 2.70 bits per heavy atom. The Morgan fingerprint density at radius 1 is 1.20 bits per heavy atom. The largest absolute Gasteiger partial charge is 0.481 e. The van der Waals surface area contributed by atoms with Crippen LogP contribution in [-0.4, -0.2) is 16.7 Å². The van der Waals surface area contributed by atoms with Crippen LogP contribution in [0.25, 0.3) is 16.5 Å². The minimum atomic E-state index is -0.160. The van der Waals surface area contributed by atoms with Crippen LogP contribution >= 0.6 is 0 Å². The number of hydrogen-bond donors (Lipinski definition) is 1. The molecule has 1 aromatic carbocycles. The molecule has 5 nitrogen and oxygen atoms in total. The third kappa shape index (κ3) is 1.89.